The summed E-state index contributed by atoms with van der Waals surface area (Å²) >= 11 is 0. The number of aryl methyl sites for hydroxylation is 1. The van der Waals surface area contributed by atoms with Crippen LogP contribution in [0, 0.1) is 0 Å². The standard InChI is InChI=1S/C10H14F3N3O/c1-16-7(4-8(15-16)10(11,12)13)5-9(17)2-3-14-6-9/h4,14,17H,2-3,5-6H2,1H3. The molecule has 1 aromatic heterocycles. The molecule has 17 heavy (non-hydrogen) atoms. The molecule has 1 aliphatic rings. The van der Waals surface area contributed by atoms with Crippen LogP contribution in [0.5, 0.6) is 0 Å². The molecule has 2 heterocycles. The fraction of sp³-hybridized carbons (Fsp3) is 0.700. The van der Waals surface area contributed by atoms with E-state index in [0.717, 1.165) is 6.07 Å². The second-order valence-electron chi connectivity index (χ2n) is 4.47. The second-order valence-corrected chi connectivity index (χ2v) is 4.47. The van der Waals surface area contributed by atoms with Crippen LogP contribution in [0.1, 0.15) is 17.8 Å². The minimum absolute atomic E-state index is 0.180. The summed E-state index contributed by atoms with van der Waals surface area (Å²) in [5, 5.41) is 16.5. The first-order valence-corrected chi connectivity index (χ1v) is 5.33. The van der Waals surface area contributed by atoms with Crippen LogP contribution in [0.2, 0.25) is 0 Å². The normalized spacial score (nSPS) is 25.5. The molecular formula is C10H14F3N3O. The molecule has 1 aromatic rings. The van der Waals surface area contributed by atoms with E-state index in [1.165, 1.54) is 11.7 Å². The highest BCUT2D eigenvalue weighted by molar-refractivity contribution is 5.16. The Morgan fingerprint density at radius 1 is 1.59 bits per heavy atom. The number of aromatic nitrogens is 2. The van der Waals surface area contributed by atoms with Crippen molar-refractivity contribution in [2.75, 3.05) is 13.1 Å². The van der Waals surface area contributed by atoms with Crippen LogP contribution in [0.4, 0.5) is 13.2 Å². The van der Waals surface area contributed by atoms with Crippen LogP contribution in [0.3, 0.4) is 0 Å². The van der Waals surface area contributed by atoms with Crippen LogP contribution in [-0.4, -0.2) is 33.6 Å². The van der Waals surface area contributed by atoms with Crippen molar-refractivity contribution in [1.82, 2.24) is 15.1 Å². The van der Waals surface area contributed by atoms with E-state index in [-0.39, 0.29) is 6.42 Å². The Morgan fingerprint density at radius 3 is 2.76 bits per heavy atom. The summed E-state index contributed by atoms with van der Waals surface area (Å²) in [6.45, 7) is 1.08. The van der Waals surface area contributed by atoms with E-state index < -0.39 is 17.5 Å². The average Bonchev–Trinajstić information content (AvgIpc) is 2.74. The van der Waals surface area contributed by atoms with Gasteiger partial charge in [0.25, 0.3) is 0 Å². The van der Waals surface area contributed by atoms with Gasteiger partial charge in [-0.2, -0.15) is 18.3 Å². The molecule has 1 aliphatic heterocycles. The number of halogens is 3. The Bertz CT molecular complexity index is 407. The molecule has 1 fully saturated rings. The molecule has 0 spiro atoms. The van der Waals surface area contributed by atoms with Crippen LogP contribution in [-0.2, 0) is 19.6 Å². The molecule has 1 saturated heterocycles. The van der Waals surface area contributed by atoms with Crippen LogP contribution < -0.4 is 5.32 Å². The lowest BCUT2D eigenvalue weighted by atomic mass is 9.97. The third-order valence-corrected chi connectivity index (χ3v) is 3.00. The molecule has 0 amide bonds. The first-order valence-electron chi connectivity index (χ1n) is 5.33. The van der Waals surface area contributed by atoms with Crippen LogP contribution in [0.25, 0.3) is 0 Å². The minimum Gasteiger partial charge on any atom is -0.388 e. The Hall–Kier alpha value is -1.08. The Labute approximate surface area is 96.4 Å². The summed E-state index contributed by atoms with van der Waals surface area (Å²) < 4.78 is 38.5. The lowest BCUT2D eigenvalue weighted by Crippen LogP contribution is -2.34. The number of alkyl halides is 3. The van der Waals surface area contributed by atoms with Gasteiger partial charge in [-0.3, -0.25) is 4.68 Å². The number of hydrogen-bond donors (Lipinski definition) is 2. The third-order valence-electron chi connectivity index (χ3n) is 3.00. The smallest absolute Gasteiger partial charge is 0.388 e. The fourth-order valence-electron chi connectivity index (χ4n) is 2.03. The lowest BCUT2D eigenvalue weighted by Gasteiger charge is -2.20. The van der Waals surface area contributed by atoms with Crippen molar-refractivity contribution in [1.29, 1.82) is 0 Å². The summed E-state index contributed by atoms with van der Waals surface area (Å²) in [4.78, 5) is 0. The second kappa shape index (κ2) is 3.99. The Balaban J connectivity index is 2.19. The predicted octanol–water partition coefficient (Wildman–Crippen LogP) is 0.706. The molecule has 4 nitrogen and oxygen atoms in total. The topological polar surface area (TPSA) is 50.1 Å². The number of rotatable bonds is 2. The maximum absolute atomic E-state index is 12.4. The molecule has 2 N–H and O–H groups in total. The van der Waals surface area contributed by atoms with Gasteiger partial charge >= 0.3 is 6.18 Å². The van der Waals surface area contributed by atoms with Crippen molar-refractivity contribution >= 4 is 0 Å². The molecule has 1 atom stereocenters. The van der Waals surface area contributed by atoms with Gasteiger partial charge in [0.1, 0.15) is 0 Å². The van der Waals surface area contributed by atoms with Crippen molar-refractivity contribution in [2.45, 2.75) is 24.6 Å². The van der Waals surface area contributed by atoms with Gasteiger partial charge in [-0.25, -0.2) is 0 Å². The minimum atomic E-state index is -4.44. The molecule has 0 saturated carbocycles. The molecule has 0 aliphatic carbocycles. The zero-order chi connectivity index (χ0) is 12.7. The first-order chi connectivity index (χ1) is 7.80. The lowest BCUT2D eigenvalue weighted by molar-refractivity contribution is -0.141. The number of nitrogens with zero attached hydrogens (tertiary/aromatic N) is 2. The van der Waals surface area contributed by atoms with Gasteiger partial charge in [0.15, 0.2) is 5.69 Å². The molecule has 2 rings (SSSR count). The van der Waals surface area contributed by atoms with E-state index >= 15 is 0 Å². The molecule has 96 valence electrons. The van der Waals surface area contributed by atoms with E-state index in [2.05, 4.69) is 10.4 Å². The summed E-state index contributed by atoms with van der Waals surface area (Å²) in [6, 6.07) is 0.996. The van der Waals surface area contributed by atoms with Crippen molar-refractivity contribution in [2.24, 2.45) is 7.05 Å². The number of aliphatic hydroxyl groups is 1. The molecule has 7 heteroatoms. The highest BCUT2D eigenvalue weighted by Gasteiger charge is 2.37. The Kier molecular flexibility index (Phi) is 2.90. The van der Waals surface area contributed by atoms with E-state index in [9.17, 15) is 18.3 Å². The van der Waals surface area contributed by atoms with Gasteiger partial charge in [0, 0.05) is 25.7 Å². The molecule has 1 unspecified atom stereocenters. The molecular weight excluding hydrogens is 235 g/mol. The highest BCUT2D eigenvalue weighted by Crippen LogP contribution is 2.29. The van der Waals surface area contributed by atoms with Gasteiger partial charge in [-0.1, -0.05) is 0 Å². The third kappa shape index (κ3) is 2.61. The van der Waals surface area contributed by atoms with Crippen LogP contribution in [0.15, 0.2) is 6.07 Å². The molecule has 0 bridgehead atoms. The van der Waals surface area contributed by atoms with E-state index in [4.69, 9.17) is 0 Å². The first kappa shape index (κ1) is 12.4. The van der Waals surface area contributed by atoms with E-state index in [0.29, 0.717) is 25.2 Å². The zero-order valence-electron chi connectivity index (χ0n) is 9.38. The predicted molar refractivity (Wildman–Crippen MR) is 54.4 cm³/mol. The van der Waals surface area contributed by atoms with E-state index in [1.54, 1.807) is 0 Å². The SMILES string of the molecule is Cn1nc(C(F)(F)F)cc1CC1(O)CCNC1. The fourth-order valence-corrected chi connectivity index (χ4v) is 2.03. The molecule has 0 aromatic carbocycles. The average molecular weight is 249 g/mol. The van der Waals surface area contributed by atoms with Gasteiger partial charge in [0.2, 0.25) is 0 Å². The van der Waals surface area contributed by atoms with Gasteiger partial charge in [-0.05, 0) is 19.0 Å². The summed E-state index contributed by atoms with van der Waals surface area (Å²) in [7, 11) is 1.45. The monoisotopic (exact) mass is 249 g/mol. The quantitative estimate of drug-likeness (QED) is 0.811. The summed E-state index contributed by atoms with van der Waals surface area (Å²) in [5.41, 5.74) is -1.48. The highest BCUT2D eigenvalue weighted by atomic mass is 19.4. The van der Waals surface area contributed by atoms with Crippen LogP contribution >= 0.6 is 0 Å². The van der Waals surface area contributed by atoms with Gasteiger partial charge in [0.05, 0.1) is 5.60 Å². The maximum Gasteiger partial charge on any atom is 0.435 e. The van der Waals surface area contributed by atoms with Crippen molar-refractivity contribution in [3.8, 4) is 0 Å². The number of nitrogens with one attached hydrogen (secondary N) is 1. The van der Waals surface area contributed by atoms with Gasteiger partial charge in [-0.15, -0.1) is 0 Å². The summed E-state index contributed by atoms with van der Waals surface area (Å²) in [5.74, 6) is 0. The number of hydrogen-bond acceptors (Lipinski definition) is 3. The van der Waals surface area contributed by atoms with Crippen molar-refractivity contribution < 1.29 is 18.3 Å². The zero-order valence-corrected chi connectivity index (χ0v) is 9.38. The Morgan fingerprint density at radius 2 is 2.29 bits per heavy atom. The van der Waals surface area contributed by atoms with E-state index in [1.807, 2.05) is 0 Å². The number of β-amino-alcohol motifs (C(OH)–C–C–N with tert-alkyl or cyclic N) is 1. The largest absolute Gasteiger partial charge is 0.435 e. The summed E-state index contributed by atoms with van der Waals surface area (Å²) in [6.07, 6.45) is -3.72. The van der Waals surface area contributed by atoms with Crippen molar-refractivity contribution in [3.63, 3.8) is 0 Å². The molecule has 0 radical (unpaired) electrons. The van der Waals surface area contributed by atoms with Gasteiger partial charge < -0.3 is 10.4 Å². The van der Waals surface area contributed by atoms with Crippen molar-refractivity contribution in [3.05, 3.63) is 17.5 Å². The maximum atomic E-state index is 12.4.